The molecule has 0 aliphatic heterocycles. The minimum Gasteiger partial charge on any atom is -0.309 e. The van der Waals surface area contributed by atoms with Gasteiger partial charge in [-0.25, -0.2) is 0 Å². The van der Waals surface area contributed by atoms with E-state index in [-0.39, 0.29) is 0 Å². The summed E-state index contributed by atoms with van der Waals surface area (Å²) in [5.74, 6) is 0. The van der Waals surface area contributed by atoms with Crippen LogP contribution in [0, 0.1) is 0 Å². The topological polar surface area (TPSA) is 9.86 Å². The maximum absolute atomic E-state index is 2.50. The first-order valence-corrected chi connectivity index (χ1v) is 17.2. The van der Waals surface area contributed by atoms with Crippen LogP contribution in [0.5, 0.6) is 0 Å². The Hall–Kier alpha value is -6.64. The molecule has 0 saturated carbocycles. The van der Waals surface area contributed by atoms with E-state index in [1.165, 1.54) is 82.7 Å². The molecule has 0 radical (unpaired) electrons. The second-order valence-electron chi connectivity index (χ2n) is 12.9. The van der Waals surface area contributed by atoms with E-state index < -0.39 is 0 Å². The fourth-order valence-corrected chi connectivity index (χ4v) is 7.89. The molecule has 2 nitrogen and oxygen atoms in total. The van der Waals surface area contributed by atoms with E-state index in [0.717, 1.165) is 5.69 Å². The monoisotopic (exact) mass is 636 g/mol. The molecule has 0 N–H and O–H groups in total. The van der Waals surface area contributed by atoms with Crippen molar-refractivity contribution in [2.45, 2.75) is 0 Å². The van der Waals surface area contributed by atoms with Gasteiger partial charge in [0.25, 0.3) is 0 Å². The lowest BCUT2D eigenvalue weighted by atomic mass is 9.90. The van der Waals surface area contributed by atoms with Crippen LogP contribution < -0.4 is 0 Å². The predicted molar refractivity (Wildman–Crippen MR) is 211 cm³/mol. The summed E-state index contributed by atoms with van der Waals surface area (Å²) in [5.41, 5.74) is 14.3. The van der Waals surface area contributed by atoms with Crippen LogP contribution >= 0.6 is 0 Å². The lowest BCUT2D eigenvalue weighted by molar-refractivity contribution is 1.17. The number of nitrogens with zero attached hydrogens (tertiary/aromatic N) is 2. The normalized spacial score (nSPS) is 11.6. The van der Waals surface area contributed by atoms with E-state index >= 15 is 0 Å². The number of hydrogen-bond donors (Lipinski definition) is 0. The highest BCUT2D eigenvalue weighted by atomic mass is 15.0. The number of para-hydroxylation sites is 3. The van der Waals surface area contributed by atoms with Crippen LogP contribution in [-0.2, 0) is 0 Å². The quantitative estimate of drug-likeness (QED) is 0.178. The zero-order valence-electron chi connectivity index (χ0n) is 27.4. The van der Waals surface area contributed by atoms with Gasteiger partial charge in [0.2, 0.25) is 0 Å². The molecule has 0 aliphatic carbocycles. The number of benzene rings is 8. The number of aromatic nitrogens is 2. The molecule has 10 rings (SSSR count). The lowest BCUT2D eigenvalue weighted by Crippen LogP contribution is -2.02. The molecule has 0 amide bonds. The van der Waals surface area contributed by atoms with Gasteiger partial charge in [0.1, 0.15) is 0 Å². The van der Waals surface area contributed by atoms with Gasteiger partial charge < -0.3 is 9.13 Å². The highest BCUT2D eigenvalue weighted by Gasteiger charge is 2.22. The molecule has 50 heavy (non-hydrogen) atoms. The van der Waals surface area contributed by atoms with Crippen molar-refractivity contribution in [3.63, 3.8) is 0 Å². The molecule has 2 heteroatoms. The van der Waals surface area contributed by atoms with E-state index in [1.54, 1.807) is 0 Å². The highest BCUT2D eigenvalue weighted by Crippen LogP contribution is 2.44. The summed E-state index contributed by atoms with van der Waals surface area (Å²) in [6, 6.07) is 70.5. The van der Waals surface area contributed by atoms with Crippen LogP contribution in [0.15, 0.2) is 194 Å². The lowest BCUT2D eigenvalue weighted by Gasteiger charge is -2.21. The van der Waals surface area contributed by atoms with Crippen molar-refractivity contribution in [2.24, 2.45) is 0 Å². The first kappa shape index (κ1) is 28.4. The summed E-state index contributed by atoms with van der Waals surface area (Å²) in [6.07, 6.45) is 0. The van der Waals surface area contributed by atoms with Crippen LogP contribution in [0.4, 0.5) is 0 Å². The summed E-state index contributed by atoms with van der Waals surface area (Å²) in [6.45, 7) is 0. The van der Waals surface area contributed by atoms with Gasteiger partial charge >= 0.3 is 0 Å². The number of rotatable bonds is 5. The van der Waals surface area contributed by atoms with Gasteiger partial charge in [-0.2, -0.15) is 0 Å². The second kappa shape index (κ2) is 11.5. The third kappa shape index (κ3) is 4.43. The van der Waals surface area contributed by atoms with Gasteiger partial charge in [-0.05, 0) is 70.8 Å². The van der Waals surface area contributed by atoms with Gasteiger partial charge in [0.05, 0.1) is 27.8 Å². The molecule has 0 bridgehead atoms. The Bertz CT molecular complexity index is 2730. The second-order valence-corrected chi connectivity index (χ2v) is 12.9. The largest absolute Gasteiger partial charge is 0.309 e. The average Bonchev–Trinajstić information content (AvgIpc) is 3.71. The fourth-order valence-electron chi connectivity index (χ4n) is 7.89. The van der Waals surface area contributed by atoms with Crippen molar-refractivity contribution in [2.75, 3.05) is 0 Å². The summed E-state index contributed by atoms with van der Waals surface area (Å²) in [5, 5.41) is 4.99. The molecule has 2 heterocycles. The zero-order chi connectivity index (χ0) is 33.0. The molecule has 8 aromatic carbocycles. The van der Waals surface area contributed by atoms with E-state index in [1.807, 2.05) is 0 Å². The molecule has 10 aromatic rings. The van der Waals surface area contributed by atoms with Crippen molar-refractivity contribution in [3.05, 3.63) is 194 Å². The van der Waals surface area contributed by atoms with Gasteiger partial charge in [0.15, 0.2) is 0 Å². The van der Waals surface area contributed by atoms with E-state index in [4.69, 9.17) is 0 Å². The Labute approximate surface area is 290 Å². The molecule has 0 unspecified atom stereocenters. The average molecular weight is 637 g/mol. The van der Waals surface area contributed by atoms with Crippen molar-refractivity contribution in [1.29, 1.82) is 0 Å². The highest BCUT2D eigenvalue weighted by molar-refractivity contribution is 6.13. The zero-order valence-corrected chi connectivity index (χ0v) is 27.4. The predicted octanol–water partition coefficient (Wildman–Crippen LogP) is 12.9. The molecule has 0 spiro atoms. The summed E-state index contributed by atoms with van der Waals surface area (Å²) in [7, 11) is 0. The SMILES string of the molecule is c1ccc(-c2cc(-c3ccccc3)c(-n3c4ccccc4c4cc(-n5c6ccccc6c6ccccc65)ccc43)c(-c3ccccc3)c2)cc1. The first-order chi connectivity index (χ1) is 24.8. The minimum absolute atomic E-state index is 1.16. The summed E-state index contributed by atoms with van der Waals surface area (Å²) in [4.78, 5) is 0. The number of hydrogen-bond acceptors (Lipinski definition) is 0. The van der Waals surface area contributed by atoms with Crippen LogP contribution in [0.1, 0.15) is 0 Å². The minimum atomic E-state index is 1.16. The van der Waals surface area contributed by atoms with E-state index in [9.17, 15) is 0 Å². The molecule has 2 aromatic heterocycles. The number of fused-ring (bicyclic) bond motifs is 6. The van der Waals surface area contributed by atoms with Crippen LogP contribution in [0.3, 0.4) is 0 Å². The molecular weight excluding hydrogens is 605 g/mol. The van der Waals surface area contributed by atoms with Gasteiger partial charge in [0, 0.05) is 38.4 Å². The molecule has 0 atom stereocenters. The standard InChI is InChI=1S/C48H32N2/c1-4-16-33(17-5-1)36-30-41(34-18-6-2-7-19-34)48(42(31-36)35-20-8-3-9-21-35)50-46-27-15-12-24-40(46)43-32-37(28-29-47(43)50)49-44-25-13-10-22-38(44)39-23-11-14-26-45(39)49/h1-32H. The van der Waals surface area contributed by atoms with Gasteiger partial charge in [-0.15, -0.1) is 0 Å². The Balaban J connectivity index is 1.32. The maximum atomic E-state index is 2.50. The smallest absolute Gasteiger partial charge is 0.0619 e. The first-order valence-electron chi connectivity index (χ1n) is 17.2. The van der Waals surface area contributed by atoms with Gasteiger partial charge in [-0.3, -0.25) is 0 Å². The van der Waals surface area contributed by atoms with Crippen molar-refractivity contribution < 1.29 is 0 Å². The summed E-state index contributed by atoms with van der Waals surface area (Å²) >= 11 is 0. The fraction of sp³-hybridized carbons (Fsp3) is 0. The third-order valence-electron chi connectivity index (χ3n) is 10.1. The molecule has 234 valence electrons. The van der Waals surface area contributed by atoms with Crippen LogP contribution in [0.25, 0.3) is 88.4 Å². The maximum Gasteiger partial charge on any atom is 0.0619 e. The van der Waals surface area contributed by atoms with Crippen LogP contribution in [-0.4, -0.2) is 9.13 Å². The van der Waals surface area contributed by atoms with E-state index in [0.29, 0.717) is 0 Å². The molecule has 0 aliphatic rings. The summed E-state index contributed by atoms with van der Waals surface area (Å²) < 4.78 is 4.91. The van der Waals surface area contributed by atoms with Crippen molar-refractivity contribution in [3.8, 4) is 44.8 Å². The molecule has 0 fully saturated rings. The Morgan fingerprint density at radius 3 is 1.18 bits per heavy atom. The Morgan fingerprint density at radius 1 is 0.260 bits per heavy atom. The molecule has 0 saturated heterocycles. The third-order valence-corrected chi connectivity index (χ3v) is 10.1. The Morgan fingerprint density at radius 2 is 0.660 bits per heavy atom. The molecular formula is C48H32N2. The van der Waals surface area contributed by atoms with Crippen LogP contribution in [0.2, 0.25) is 0 Å². The van der Waals surface area contributed by atoms with Crippen molar-refractivity contribution >= 4 is 43.6 Å². The van der Waals surface area contributed by atoms with E-state index in [2.05, 4.69) is 203 Å². The van der Waals surface area contributed by atoms with Gasteiger partial charge in [-0.1, -0.05) is 146 Å². The Kier molecular flexibility index (Phi) is 6.53. The van der Waals surface area contributed by atoms with Crippen molar-refractivity contribution in [1.82, 2.24) is 9.13 Å².